The van der Waals surface area contributed by atoms with Gasteiger partial charge in [0.25, 0.3) is 0 Å². The summed E-state index contributed by atoms with van der Waals surface area (Å²) in [4.78, 5) is 19.4. The Morgan fingerprint density at radius 3 is 2.80 bits per heavy atom. The van der Waals surface area contributed by atoms with E-state index in [9.17, 15) is 4.79 Å². The fourth-order valence-corrected chi connectivity index (χ4v) is 2.91. The second kappa shape index (κ2) is 9.99. The van der Waals surface area contributed by atoms with Gasteiger partial charge in [0.05, 0.1) is 11.3 Å². The molecule has 0 aromatic carbocycles. The number of aromatic carboxylic acids is 1. The summed E-state index contributed by atoms with van der Waals surface area (Å²) in [5.41, 5.74) is 7.59. The Balaban J connectivity index is 0.000000199. The first-order valence-corrected chi connectivity index (χ1v) is 10.0. The van der Waals surface area contributed by atoms with Gasteiger partial charge in [0.1, 0.15) is 0 Å². The predicted octanol–water partition coefficient (Wildman–Crippen LogP) is 3.27. The number of nitrogens with one attached hydrogen (secondary N) is 1. The molecule has 4 aromatic rings. The van der Waals surface area contributed by atoms with Gasteiger partial charge in [0.15, 0.2) is 16.1 Å². The molecule has 0 atom stereocenters. The average molecular weight is 473 g/mol. The highest BCUT2D eigenvalue weighted by molar-refractivity contribution is 9.10. The molecule has 10 heteroatoms. The Morgan fingerprint density at radius 1 is 1.33 bits per heavy atom. The van der Waals surface area contributed by atoms with Gasteiger partial charge in [0.2, 0.25) is 5.82 Å². The number of carboxylic acids is 1. The molecule has 4 rings (SSSR count). The lowest BCUT2D eigenvalue weighted by molar-refractivity contribution is 0.0696. The van der Waals surface area contributed by atoms with Crippen LogP contribution in [0.5, 0.6) is 0 Å². The zero-order valence-electron chi connectivity index (χ0n) is 16.2. The SMILES string of the molecule is CCNCCc1ccccn1.Nc1cc(C(=O)O)cn2nc(-c3ccc(Br)o3)nc12. The second-order valence-electron chi connectivity index (χ2n) is 6.22. The van der Waals surface area contributed by atoms with Crippen molar-refractivity contribution in [3.63, 3.8) is 0 Å². The molecule has 0 aliphatic rings. The molecule has 0 aliphatic heterocycles. The van der Waals surface area contributed by atoms with Crippen LogP contribution in [0.15, 0.2) is 57.9 Å². The Labute approximate surface area is 181 Å². The van der Waals surface area contributed by atoms with Crippen molar-refractivity contribution < 1.29 is 14.3 Å². The van der Waals surface area contributed by atoms with Gasteiger partial charge in [-0.25, -0.2) is 14.3 Å². The number of nitrogen functional groups attached to an aromatic ring is 1. The summed E-state index contributed by atoms with van der Waals surface area (Å²) in [7, 11) is 0. The third-order valence-electron chi connectivity index (χ3n) is 4.04. The molecule has 9 nitrogen and oxygen atoms in total. The molecule has 0 bridgehead atoms. The minimum atomic E-state index is -1.08. The number of nitrogens with two attached hydrogens (primary N) is 1. The van der Waals surface area contributed by atoms with E-state index >= 15 is 0 Å². The number of carbonyl (C=O) groups is 1. The van der Waals surface area contributed by atoms with Crippen LogP contribution in [-0.4, -0.2) is 43.7 Å². The summed E-state index contributed by atoms with van der Waals surface area (Å²) < 4.78 is 7.22. The number of furan rings is 1. The fourth-order valence-electron chi connectivity index (χ4n) is 2.61. The van der Waals surface area contributed by atoms with Gasteiger partial charge in [-0.05, 0) is 52.8 Å². The van der Waals surface area contributed by atoms with Crippen LogP contribution in [0.3, 0.4) is 0 Å². The second-order valence-corrected chi connectivity index (χ2v) is 7.00. The number of pyridine rings is 2. The Kier molecular flexibility index (Phi) is 7.15. The smallest absolute Gasteiger partial charge is 0.337 e. The highest BCUT2D eigenvalue weighted by atomic mass is 79.9. The molecule has 4 N–H and O–H groups in total. The summed E-state index contributed by atoms with van der Waals surface area (Å²) in [6.07, 6.45) is 4.21. The minimum Gasteiger partial charge on any atom is -0.478 e. The van der Waals surface area contributed by atoms with Gasteiger partial charge in [-0.3, -0.25) is 4.98 Å². The molecule has 0 spiro atoms. The van der Waals surface area contributed by atoms with Gasteiger partial charge in [-0.1, -0.05) is 13.0 Å². The summed E-state index contributed by atoms with van der Waals surface area (Å²) in [5.74, 6) is -0.279. The number of aromatic nitrogens is 4. The van der Waals surface area contributed by atoms with E-state index in [1.54, 1.807) is 12.1 Å². The number of likely N-dealkylation sites (N-methyl/N-ethyl adjacent to an activating group) is 1. The van der Waals surface area contributed by atoms with E-state index in [1.165, 1.54) is 16.8 Å². The fraction of sp³-hybridized carbons (Fsp3) is 0.200. The monoisotopic (exact) mass is 472 g/mol. The zero-order chi connectivity index (χ0) is 21.5. The number of nitrogens with zero attached hydrogens (tertiary/aromatic N) is 4. The normalized spacial score (nSPS) is 10.6. The largest absolute Gasteiger partial charge is 0.478 e. The first kappa shape index (κ1) is 21.5. The predicted molar refractivity (Wildman–Crippen MR) is 116 cm³/mol. The molecule has 30 heavy (non-hydrogen) atoms. The Morgan fingerprint density at radius 2 is 2.17 bits per heavy atom. The van der Waals surface area contributed by atoms with Crippen molar-refractivity contribution in [3.8, 4) is 11.6 Å². The third kappa shape index (κ3) is 5.43. The van der Waals surface area contributed by atoms with Gasteiger partial charge in [0, 0.05) is 31.1 Å². The number of fused-ring (bicyclic) bond motifs is 1. The van der Waals surface area contributed by atoms with Crippen LogP contribution >= 0.6 is 15.9 Å². The van der Waals surface area contributed by atoms with Crippen molar-refractivity contribution in [2.45, 2.75) is 13.3 Å². The summed E-state index contributed by atoms with van der Waals surface area (Å²) in [6.45, 7) is 4.17. The van der Waals surface area contributed by atoms with Gasteiger partial charge >= 0.3 is 5.97 Å². The first-order chi connectivity index (χ1) is 14.5. The molecule has 0 radical (unpaired) electrons. The molecule has 0 amide bonds. The van der Waals surface area contributed by atoms with Crippen LogP contribution in [0.2, 0.25) is 0 Å². The van der Waals surface area contributed by atoms with E-state index < -0.39 is 5.97 Å². The van der Waals surface area contributed by atoms with Crippen molar-refractivity contribution in [1.29, 1.82) is 0 Å². The standard InChI is InChI=1S/C11H7BrN4O3.C9H14N2/c12-8-2-1-7(19-8)9-14-10-6(13)3-5(11(17)18)4-16(10)15-9;1-2-10-8-6-9-5-3-4-7-11-9/h1-4H,13H2,(H,17,18);3-5,7,10H,2,6,8H2,1H3. The molecular formula is C20H21BrN6O3. The van der Waals surface area contributed by atoms with E-state index in [1.807, 2.05) is 18.3 Å². The van der Waals surface area contributed by atoms with Crippen molar-refractivity contribution in [1.82, 2.24) is 24.9 Å². The number of carboxylic acid groups (broad SMARTS) is 1. The lowest BCUT2D eigenvalue weighted by Crippen LogP contribution is -2.16. The van der Waals surface area contributed by atoms with Crippen molar-refractivity contribution in [2.75, 3.05) is 18.8 Å². The van der Waals surface area contributed by atoms with Crippen LogP contribution in [-0.2, 0) is 6.42 Å². The minimum absolute atomic E-state index is 0.0436. The summed E-state index contributed by atoms with van der Waals surface area (Å²) >= 11 is 3.19. The van der Waals surface area contributed by atoms with Gasteiger partial charge < -0.3 is 20.6 Å². The molecular weight excluding hydrogens is 452 g/mol. The van der Waals surface area contributed by atoms with E-state index in [4.69, 9.17) is 15.3 Å². The van der Waals surface area contributed by atoms with Crippen LogP contribution in [0.1, 0.15) is 23.0 Å². The molecule has 0 saturated carbocycles. The number of halogens is 1. The molecule has 156 valence electrons. The molecule has 0 fully saturated rings. The third-order valence-corrected chi connectivity index (χ3v) is 4.46. The van der Waals surface area contributed by atoms with Crippen molar-refractivity contribution in [3.05, 3.63) is 64.7 Å². The van der Waals surface area contributed by atoms with E-state index in [0.29, 0.717) is 21.9 Å². The molecule has 0 saturated heterocycles. The number of anilines is 1. The summed E-state index contributed by atoms with van der Waals surface area (Å²) in [6, 6.07) is 10.8. The average Bonchev–Trinajstić information content (AvgIpc) is 3.36. The first-order valence-electron chi connectivity index (χ1n) is 9.23. The topological polar surface area (TPSA) is 132 Å². The molecule has 0 unspecified atom stereocenters. The number of hydrogen-bond donors (Lipinski definition) is 3. The lowest BCUT2D eigenvalue weighted by Gasteiger charge is -1.99. The van der Waals surface area contributed by atoms with E-state index in [2.05, 4.69) is 49.3 Å². The maximum Gasteiger partial charge on any atom is 0.337 e. The van der Waals surface area contributed by atoms with Crippen LogP contribution in [0, 0.1) is 0 Å². The van der Waals surface area contributed by atoms with E-state index in [0.717, 1.165) is 25.2 Å². The molecule has 0 aliphatic carbocycles. The van der Waals surface area contributed by atoms with Gasteiger partial charge in [-0.2, -0.15) is 0 Å². The van der Waals surface area contributed by atoms with E-state index in [-0.39, 0.29) is 11.3 Å². The van der Waals surface area contributed by atoms with Crippen molar-refractivity contribution in [2.24, 2.45) is 0 Å². The van der Waals surface area contributed by atoms with Crippen molar-refractivity contribution >= 4 is 33.2 Å². The van der Waals surface area contributed by atoms with Crippen LogP contribution in [0.4, 0.5) is 5.69 Å². The molecule has 4 aromatic heterocycles. The maximum atomic E-state index is 10.9. The highest BCUT2D eigenvalue weighted by Crippen LogP contribution is 2.24. The quantitative estimate of drug-likeness (QED) is 0.364. The van der Waals surface area contributed by atoms with Crippen LogP contribution in [0.25, 0.3) is 17.2 Å². The maximum absolute atomic E-state index is 10.9. The zero-order valence-corrected chi connectivity index (χ0v) is 17.8. The molecule has 4 heterocycles. The lowest BCUT2D eigenvalue weighted by atomic mass is 10.2. The van der Waals surface area contributed by atoms with Crippen LogP contribution < -0.4 is 11.1 Å². The number of rotatable bonds is 6. The highest BCUT2D eigenvalue weighted by Gasteiger charge is 2.14. The van der Waals surface area contributed by atoms with Gasteiger partial charge in [-0.15, -0.1) is 5.10 Å². The summed E-state index contributed by atoms with van der Waals surface area (Å²) in [5, 5.41) is 16.4. The number of hydrogen-bond acceptors (Lipinski definition) is 7. The Hall–Kier alpha value is -3.24. The Bertz CT molecular complexity index is 1130.